The van der Waals surface area contributed by atoms with E-state index in [2.05, 4.69) is 28.2 Å². The number of methoxy groups -OCH3 is 1. The number of aryl methyl sites for hydroxylation is 1. The first kappa shape index (κ1) is 14.7. The van der Waals surface area contributed by atoms with Crippen LogP contribution in [0.3, 0.4) is 0 Å². The fourth-order valence-corrected chi connectivity index (χ4v) is 2.90. The molecule has 1 aromatic heterocycles. The number of ether oxygens (including phenoxy) is 1. The van der Waals surface area contributed by atoms with Gasteiger partial charge in [0.15, 0.2) is 0 Å². The van der Waals surface area contributed by atoms with Crippen LogP contribution in [0.2, 0.25) is 0 Å². The number of rotatable bonds is 7. The predicted octanol–water partition coefficient (Wildman–Crippen LogP) is 2.84. The Morgan fingerprint density at radius 1 is 1.65 bits per heavy atom. The minimum absolute atomic E-state index is 0.0361. The molecule has 0 aliphatic rings. The maximum atomic E-state index is 11.9. The van der Waals surface area contributed by atoms with E-state index in [0.717, 1.165) is 23.3 Å². The summed E-state index contributed by atoms with van der Waals surface area (Å²) in [4.78, 5) is 13.0. The van der Waals surface area contributed by atoms with Crippen molar-refractivity contribution in [2.45, 2.75) is 24.6 Å². The molecule has 0 aliphatic heterocycles. The zero-order chi connectivity index (χ0) is 12.7. The molecule has 1 unspecified atom stereocenters. The molecule has 3 nitrogen and oxygen atoms in total. The van der Waals surface area contributed by atoms with Crippen molar-refractivity contribution < 1.29 is 9.53 Å². The molecule has 5 heteroatoms. The van der Waals surface area contributed by atoms with Gasteiger partial charge in [0.2, 0.25) is 0 Å². The molecule has 0 saturated carbocycles. The summed E-state index contributed by atoms with van der Waals surface area (Å²) in [6, 6.07) is 2.01. The lowest BCUT2D eigenvalue weighted by Gasteiger charge is -2.09. The smallest absolute Gasteiger partial charge is 0.261 e. The molecular weight excluding hydrogens is 302 g/mol. The van der Waals surface area contributed by atoms with Crippen molar-refractivity contribution in [3.8, 4) is 0 Å². The average molecular weight is 320 g/mol. The lowest BCUT2D eigenvalue weighted by molar-refractivity contribution is 0.0955. The fourth-order valence-electron chi connectivity index (χ4n) is 1.50. The predicted molar refractivity (Wildman–Crippen MR) is 75.2 cm³/mol. The second-order valence-corrected chi connectivity index (χ2v) is 5.94. The Bertz CT molecular complexity index is 354. The molecule has 17 heavy (non-hydrogen) atoms. The molecule has 1 N–H and O–H groups in total. The van der Waals surface area contributed by atoms with E-state index in [9.17, 15) is 4.79 Å². The van der Waals surface area contributed by atoms with Gasteiger partial charge in [0.25, 0.3) is 5.91 Å². The van der Waals surface area contributed by atoms with Crippen LogP contribution in [0.25, 0.3) is 0 Å². The van der Waals surface area contributed by atoms with E-state index >= 15 is 0 Å². The van der Waals surface area contributed by atoms with Crippen LogP contribution in [0.15, 0.2) is 11.4 Å². The van der Waals surface area contributed by atoms with Gasteiger partial charge in [-0.1, -0.05) is 22.9 Å². The number of carbonyl (C=O) groups excluding carboxylic acids is 1. The SMILES string of the molecule is CCc1ccsc1C(=O)NCCC(Br)COC. The van der Waals surface area contributed by atoms with E-state index in [1.54, 1.807) is 7.11 Å². The van der Waals surface area contributed by atoms with Crippen molar-refractivity contribution in [1.82, 2.24) is 5.32 Å². The van der Waals surface area contributed by atoms with Gasteiger partial charge in [-0.3, -0.25) is 4.79 Å². The quantitative estimate of drug-likeness (QED) is 0.785. The zero-order valence-electron chi connectivity index (χ0n) is 10.2. The average Bonchev–Trinajstić information content (AvgIpc) is 2.77. The van der Waals surface area contributed by atoms with Crippen molar-refractivity contribution in [1.29, 1.82) is 0 Å². The van der Waals surface area contributed by atoms with Crippen LogP contribution >= 0.6 is 27.3 Å². The number of nitrogens with one attached hydrogen (secondary N) is 1. The molecule has 1 heterocycles. The van der Waals surface area contributed by atoms with Gasteiger partial charge in [-0.25, -0.2) is 0 Å². The van der Waals surface area contributed by atoms with Crippen molar-refractivity contribution in [3.05, 3.63) is 21.9 Å². The van der Waals surface area contributed by atoms with Gasteiger partial charge in [0.05, 0.1) is 11.5 Å². The minimum atomic E-state index is 0.0361. The molecule has 0 aromatic carbocycles. The molecule has 1 atom stereocenters. The highest BCUT2D eigenvalue weighted by molar-refractivity contribution is 9.09. The van der Waals surface area contributed by atoms with Crippen LogP contribution in [0.1, 0.15) is 28.6 Å². The Kier molecular flexibility index (Phi) is 6.77. The number of alkyl halides is 1. The third-order valence-electron chi connectivity index (χ3n) is 2.42. The van der Waals surface area contributed by atoms with Crippen molar-refractivity contribution in [3.63, 3.8) is 0 Å². The Labute approximate surface area is 115 Å². The second kappa shape index (κ2) is 7.84. The molecule has 1 aromatic rings. The summed E-state index contributed by atoms with van der Waals surface area (Å²) in [5, 5.41) is 4.90. The highest BCUT2D eigenvalue weighted by Crippen LogP contribution is 2.17. The third-order valence-corrected chi connectivity index (χ3v) is 4.10. The Morgan fingerprint density at radius 3 is 3.06 bits per heavy atom. The van der Waals surface area contributed by atoms with Gasteiger partial charge in [-0.15, -0.1) is 11.3 Å². The van der Waals surface area contributed by atoms with Crippen LogP contribution in [-0.2, 0) is 11.2 Å². The van der Waals surface area contributed by atoms with E-state index in [1.165, 1.54) is 11.3 Å². The normalized spacial score (nSPS) is 12.4. The maximum Gasteiger partial charge on any atom is 0.261 e. The van der Waals surface area contributed by atoms with Gasteiger partial charge < -0.3 is 10.1 Å². The van der Waals surface area contributed by atoms with Crippen LogP contribution in [-0.4, -0.2) is 31.0 Å². The van der Waals surface area contributed by atoms with E-state index in [4.69, 9.17) is 4.74 Å². The number of hydrogen-bond acceptors (Lipinski definition) is 3. The molecule has 0 saturated heterocycles. The topological polar surface area (TPSA) is 38.3 Å². The number of carbonyl (C=O) groups is 1. The van der Waals surface area contributed by atoms with Gasteiger partial charge in [0, 0.05) is 18.5 Å². The van der Waals surface area contributed by atoms with Crippen molar-refractivity contribution >= 4 is 33.2 Å². The molecule has 1 amide bonds. The molecule has 1 rings (SSSR count). The third kappa shape index (κ3) is 4.77. The molecule has 0 radical (unpaired) electrons. The summed E-state index contributed by atoms with van der Waals surface area (Å²) in [7, 11) is 1.67. The number of amides is 1. The fraction of sp³-hybridized carbons (Fsp3) is 0.583. The van der Waals surface area contributed by atoms with Gasteiger partial charge >= 0.3 is 0 Å². The molecule has 96 valence electrons. The summed E-state index contributed by atoms with van der Waals surface area (Å²) < 4.78 is 5.01. The van der Waals surface area contributed by atoms with Crippen LogP contribution in [0.4, 0.5) is 0 Å². The second-order valence-electron chi connectivity index (χ2n) is 3.73. The van der Waals surface area contributed by atoms with Crippen molar-refractivity contribution in [2.24, 2.45) is 0 Å². The Balaban J connectivity index is 2.35. The van der Waals surface area contributed by atoms with E-state index < -0.39 is 0 Å². The summed E-state index contributed by atoms with van der Waals surface area (Å²) >= 11 is 4.99. The van der Waals surface area contributed by atoms with E-state index in [0.29, 0.717) is 18.0 Å². The highest BCUT2D eigenvalue weighted by Gasteiger charge is 2.12. The zero-order valence-corrected chi connectivity index (χ0v) is 12.6. The first-order valence-electron chi connectivity index (χ1n) is 5.66. The van der Waals surface area contributed by atoms with Crippen LogP contribution in [0.5, 0.6) is 0 Å². The Morgan fingerprint density at radius 2 is 2.41 bits per heavy atom. The van der Waals surface area contributed by atoms with Crippen molar-refractivity contribution in [2.75, 3.05) is 20.3 Å². The largest absolute Gasteiger partial charge is 0.384 e. The minimum Gasteiger partial charge on any atom is -0.384 e. The molecular formula is C12H18BrNO2S. The van der Waals surface area contributed by atoms with Gasteiger partial charge in [-0.2, -0.15) is 0 Å². The molecule has 0 fully saturated rings. The summed E-state index contributed by atoms with van der Waals surface area (Å²) in [5.74, 6) is 0.0361. The molecule has 0 aliphatic carbocycles. The summed E-state index contributed by atoms with van der Waals surface area (Å²) in [6.07, 6.45) is 1.77. The Hall–Kier alpha value is -0.390. The molecule has 0 spiro atoms. The van der Waals surface area contributed by atoms with Gasteiger partial charge in [-0.05, 0) is 29.9 Å². The van der Waals surface area contributed by atoms with Gasteiger partial charge in [0.1, 0.15) is 0 Å². The number of halogens is 1. The maximum absolute atomic E-state index is 11.9. The standard InChI is InChI=1S/C12H18BrNO2S/c1-3-9-5-7-17-11(9)12(15)14-6-4-10(13)8-16-2/h5,7,10H,3-4,6,8H2,1-2H3,(H,14,15). The lowest BCUT2D eigenvalue weighted by Crippen LogP contribution is -2.26. The van der Waals surface area contributed by atoms with E-state index in [-0.39, 0.29) is 5.91 Å². The molecule has 0 bridgehead atoms. The van der Waals surface area contributed by atoms with E-state index in [1.807, 2.05) is 11.4 Å². The summed E-state index contributed by atoms with van der Waals surface area (Å²) in [6.45, 7) is 3.39. The lowest BCUT2D eigenvalue weighted by atomic mass is 10.2. The van der Waals surface area contributed by atoms with Crippen LogP contribution in [0, 0.1) is 0 Å². The number of thiophene rings is 1. The first-order chi connectivity index (χ1) is 8.19. The first-order valence-corrected chi connectivity index (χ1v) is 7.46. The number of hydrogen-bond donors (Lipinski definition) is 1. The monoisotopic (exact) mass is 319 g/mol. The van der Waals surface area contributed by atoms with Crippen LogP contribution < -0.4 is 5.32 Å². The summed E-state index contributed by atoms with van der Waals surface area (Å²) in [5.41, 5.74) is 1.12. The highest BCUT2D eigenvalue weighted by atomic mass is 79.9.